The average Bonchev–Trinajstić information content (AvgIpc) is 3.08. The SMILES string of the molecule is CC[C@H]1C[C@@H](NS(C)(=O)=O)[C@@H](COC2CCC(c3ccccc3)CC2)N1C(=O)OC. The molecular weight excluding hydrogens is 404 g/mol. The third kappa shape index (κ3) is 5.74. The van der Waals surface area contributed by atoms with Gasteiger partial charge >= 0.3 is 6.09 Å². The smallest absolute Gasteiger partial charge is 0.410 e. The molecule has 0 radical (unpaired) electrons. The topological polar surface area (TPSA) is 84.9 Å². The molecule has 2 fully saturated rings. The Kier molecular flexibility index (Phi) is 7.76. The van der Waals surface area contributed by atoms with Gasteiger partial charge in [0.1, 0.15) is 0 Å². The third-order valence-electron chi connectivity index (χ3n) is 6.41. The number of ether oxygens (including phenoxy) is 2. The van der Waals surface area contributed by atoms with Gasteiger partial charge in [0.25, 0.3) is 0 Å². The van der Waals surface area contributed by atoms with Crippen LogP contribution in [0.2, 0.25) is 0 Å². The first-order valence-electron chi connectivity index (χ1n) is 10.8. The van der Waals surface area contributed by atoms with Gasteiger partial charge in [0.05, 0.1) is 32.1 Å². The van der Waals surface area contributed by atoms with Crippen LogP contribution in [0.4, 0.5) is 4.79 Å². The summed E-state index contributed by atoms with van der Waals surface area (Å²) in [5.41, 5.74) is 1.38. The minimum absolute atomic E-state index is 0.0703. The van der Waals surface area contributed by atoms with Crippen molar-refractivity contribution in [1.82, 2.24) is 9.62 Å². The van der Waals surface area contributed by atoms with Crippen LogP contribution in [0.5, 0.6) is 0 Å². The third-order valence-corrected chi connectivity index (χ3v) is 7.14. The molecule has 1 saturated heterocycles. The molecule has 7 nitrogen and oxygen atoms in total. The van der Waals surface area contributed by atoms with Crippen LogP contribution in [0.3, 0.4) is 0 Å². The normalized spacial score (nSPS) is 29.7. The van der Waals surface area contributed by atoms with Gasteiger partial charge in [0.2, 0.25) is 10.0 Å². The van der Waals surface area contributed by atoms with Crippen molar-refractivity contribution in [2.45, 2.75) is 75.6 Å². The van der Waals surface area contributed by atoms with E-state index in [9.17, 15) is 13.2 Å². The largest absolute Gasteiger partial charge is 0.453 e. The molecule has 1 heterocycles. The van der Waals surface area contributed by atoms with Crippen molar-refractivity contribution in [3.8, 4) is 0 Å². The molecule has 8 heteroatoms. The van der Waals surface area contributed by atoms with Crippen LogP contribution >= 0.6 is 0 Å². The molecule has 1 aromatic carbocycles. The molecule has 3 atom stereocenters. The number of amides is 1. The fraction of sp³-hybridized carbons (Fsp3) is 0.682. The summed E-state index contributed by atoms with van der Waals surface area (Å²) < 4.78 is 37.6. The van der Waals surface area contributed by atoms with E-state index in [-0.39, 0.29) is 24.2 Å². The summed E-state index contributed by atoms with van der Waals surface area (Å²) >= 11 is 0. The summed E-state index contributed by atoms with van der Waals surface area (Å²) in [5, 5.41) is 0. The number of rotatable bonds is 7. The maximum absolute atomic E-state index is 12.4. The fourth-order valence-electron chi connectivity index (χ4n) is 4.90. The van der Waals surface area contributed by atoms with E-state index in [2.05, 4.69) is 29.0 Å². The van der Waals surface area contributed by atoms with E-state index < -0.39 is 16.1 Å². The van der Waals surface area contributed by atoms with Crippen LogP contribution < -0.4 is 4.72 Å². The Bertz CT molecular complexity index is 793. The Balaban J connectivity index is 1.62. The lowest BCUT2D eigenvalue weighted by Gasteiger charge is -2.33. The molecule has 0 bridgehead atoms. The summed E-state index contributed by atoms with van der Waals surface area (Å²) in [4.78, 5) is 14.1. The Morgan fingerprint density at radius 2 is 1.83 bits per heavy atom. The van der Waals surface area contributed by atoms with Crippen LogP contribution in [-0.2, 0) is 19.5 Å². The highest BCUT2D eigenvalue weighted by atomic mass is 32.2. The van der Waals surface area contributed by atoms with E-state index in [0.29, 0.717) is 18.9 Å². The molecule has 1 saturated carbocycles. The lowest BCUT2D eigenvalue weighted by Crippen LogP contribution is -2.50. The summed E-state index contributed by atoms with van der Waals surface area (Å²) in [6.07, 6.45) is 6.22. The van der Waals surface area contributed by atoms with Crippen molar-refractivity contribution >= 4 is 16.1 Å². The minimum atomic E-state index is -3.39. The molecule has 2 aliphatic rings. The summed E-state index contributed by atoms with van der Waals surface area (Å²) in [6.45, 7) is 2.30. The second-order valence-electron chi connectivity index (χ2n) is 8.46. The maximum atomic E-state index is 12.4. The van der Waals surface area contributed by atoms with Crippen LogP contribution in [0, 0.1) is 0 Å². The lowest BCUT2D eigenvalue weighted by molar-refractivity contribution is -0.00944. The predicted molar refractivity (Wildman–Crippen MR) is 116 cm³/mol. The molecule has 168 valence electrons. The summed E-state index contributed by atoms with van der Waals surface area (Å²) in [6, 6.07) is 9.76. The number of sulfonamides is 1. The molecule has 0 aromatic heterocycles. The molecule has 1 amide bonds. The lowest BCUT2D eigenvalue weighted by atomic mass is 9.83. The molecule has 30 heavy (non-hydrogen) atoms. The van der Waals surface area contributed by atoms with Gasteiger partial charge in [0, 0.05) is 12.1 Å². The van der Waals surface area contributed by atoms with E-state index in [1.54, 1.807) is 4.90 Å². The first kappa shape index (κ1) is 23.0. The molecular formula is C22H34N2O5S. The molecule has 1 aromatic rings. The van der Waals surface area contributed by atoms with Gasteiger partial charge in [0.15, 0.2) is 0 Å². The Morgan fingerprint density at radius 1 is 1.17 bits per heavy atom. The van der Waals surface area contributed by atoms with Gasteiger partial charge in [-0.25, -0.2) is 17.9 Å². The average molecular weight is 439 g/mol. The zero-order chi connectivity index (χ0) is 21.7. The monoisotopic (exact) mass is 438 g/mol. The molecule has 1 N–H and O–H groups in total. The predicted octanol–water partition coefficient (Wildman–Crippen LogP) is 3.27. The number of methoxy groups -OCH3 is 1. The molecule has 1 aliphatic heterocycles. The zero-order valence-electron chi connectivity index (χ0n) is 18.1. The number of likely N-dealkylation sites (tertiary alicyclic amines) is 1. The van der Waals surface area contributed by atoms with E-state index in [1.807, 2.05) is 13.0 Å². The first-order valence-corrected chi connectivity index (χ1v) is 12.7. The van der Waals surface area contributed by atoms with Gasteiger partial charge in [-0.3, -0.25) is 4.90 Å². The number of benzene rings is 1. The Hall–Kier alpha value is -1.64. The zero-order valence-corrected chi connectivity index (χ0v) is 18.9. The van der Waals surface area contributed by atoms with Gasteiger partial charge in [-0.1, -0.05) is 37.3 Å². The van der Waals surface area contributed by atoms with Crippen LogP contribution in [0.25, 0.3) is 0 Å². The number of hydrogen-bond donors (Lipinski definition) is 1. The number of carbonyl (C=O) groups is 1. The fourth-order valence-corrected chi connectivity index (χ4v) is 5.71. The van der Waals surface area contributed by atoms with E-state index in [0.717, 1.165) is 38.4 Å². The standard InChI is InChI=1S/C22H34N2O5S/c1-4-18-14-20(23-30(3,26)27)21(24(18)22(25)28-2)15-29-19-12-10-17(11-13-19)16-8-6-5-7-9-16/h5-9,17-21,23H,4,10-15H2,1-3H3/t17?,18-,19?,20+,21+/m0/s1. The summed E-state index contributed by atoms with van der Waals surface area (Å²) in [5.74, 6) is 0.563. The molecule has 0 spiro atoms. The number of nitrogens with zero attached hydrogens (tertiary/aromatic N) is 1. The molecule has 1 aliphatic carbocycles. The molecule has 0 unspecified atom stereocenters. The van der Waals surface area contributed by atoms with Gasteiger partial charge < -0.3 is 9.47 Å². The highest BCUT2D eigenvalue weighted by Crippen LogP contribution is 2.35. The van der Waals surface area contributed by atoms with E-state index >= 15 is 0 Å². The molecule has 3 rings (SSSR count). The van der Waals surface area contributed by atoms with Crippen molar-refractivity contribution in [3.05, 3.63) is 35.9 Å². The maximum Gasteiger partial charge on any atom is 0.410 e. The second kappa shape index (κ2) is 10.1. The summed E-state index contributed by atoms with van der Waals surface area (Å²) in [7, 11) is -2.04. The van der Waals surface area contributed by atoms with Crippen molar-refractivity contribution < 1.29 is 22.7 Å². The van der Waals surface area contributed by atoms with Crippen molar-refractivity contribution in [1.29, 1.82) is 0 Å². The number of hydrogen-bond acceptors (Lipinski definition) is 5. The van der Waals surface area contributed by atoms with Crippen LogP contribution in [0.15, 0.2) is 30.3 Å². The number of nitrogens with one attached hydrogen (secondary N) is 1. The first-order chi connectivity index (χ1) is 14.3. The second-order valence-corrected chi connectivity index (χ2v) is 10.2. The van der Waals surface area contributed by atoms with Crippen molar-refractivity contribution in [2.24, 2.45) is 0 Å². The number of carbonyl (C=O) groups excluding carboxylic acids is 1. The van der Waals surface area contributed by atoms with Gasteiger partial charge in [-0.05, 0) is 50.0 Å². The Labute approximate surface area is 180 Å². The van der Waals surface area contributed by atoms with Gasteiger partial charge in [-0.15, -0.1) is 0 Å². The highest BCUT2D eigenvalue weighted by Gasteiger charge is 2.45. The van der Waals surface area contributed by atoms with Crippen LogP contribution in [0.1, 0.15) is 56.9 Å². The minimum Gasteiger partial charge on any atom is -0.453 e. The van der Waals surface area contributed by atoms with Crippen molar-refractivity contribution in [3.63, 3.8) is 0 Å². The van der Waals surface area contributed by atoms with E-state index in [4.69, 9.17) is 9.47 Å². The van der Waals surface area contributed by atoms with Crippen molar-refractivity contribution in [2.75, 3.05) is 20.0 Å². The highest BCUT2D eigenvalue weighted by molar-refractivity contribution is 7.88. The van der Waals surface area contributed by atoms with Gasteiger partial charge in [-0.2, -0.15) is 0 Å². The van der Waals surface area contributed by atoms with Crippen LogP contribution in [-0.4, -0.2) is 63.6 Å². The van der Waals surface area contributed by atoms with E-state index in [1.165, 1.54) is 12.7 Å². The Morgan fingerprint density at radius 3 is 2.40 bits per heavy atom. The quantitative estimate of drug-likeness (QED) is 0.706.